The van der Waals surface area contributed by atoms with Crippen molar-refractivity contribution >= 4 is 23.2 Å². The molecule has 0 heterocycles. The van der Waals surface area contributed by atoms with E-state index >= 15 is 0 Å². The second-order valence-electron chi connectivity index (χ2n) is 4.89. The Hall–Kier alpha value is -1.62. The van der Waals surface area contributed by atoms with Gasteiger partial charge in [0.25, 0.3) is 0 Å². The summed E-state index contributed by atoms with van der Waals surface area (Å²) in [6, 6.07) is 9.43. The highest BCUT2D eigenvalue weighted by Crippen LogP contribution is 2.38. The van der Waals surface area contributed by atoms with Crippen LogP contribution in [0.2, 0.25) is 10.0 Å². The Morgan fingerprint density at radius 3 is 1.91 bits per heavy atom. The largest absolute Gasteiger partial charge is 0.493 e. The number of methoxy groups -OCH3 is 3. The van der Waals surface area contributed by atoms with E-state index in [2.05, 4.69) is 5.32 Å². The Kier molecular flexibility index (Phi) is 6.39. The molecule has 0 aliphatic rings. The molecule has 0 bridgehead atoms. The summed E-state index contributed by atoms with van der Waals surface area (Å²) < 4.78 is 16.0. The molecule has 0 fully saturated rings. The van der Waals surface area contributed by atoms with E-state index in [1.54, 1.807) is 27.4 Å². The average molecular weight is 356 g/mol. The van der Waals surface area contributed by atoms with Crippen LogP contribution in [0.15, 0.2) is 30.3 Å². The highest BCUT2D eigenvalue weighted by atomic mass is 35.5. The molecule has 0 radical (unpaired) electrons. The van der Waals surface area contributed by atoms with E-state index in [1.165, 1.54) is 0 Å². The minimum Gasteiger partial charge on any atom is -0.493 e. The summed E-state index contributed by atoms with van der Waals surface area (Å²) in [5.74, 6) is 1.86. The summed E-state index contributed by atoms with van der Waals surface area (Å²) in [6.07, 6.45) is 0. The van der Waals surface area contributed by atoms with E-state index in [1.807, 2.05) is 24.3 Å². The van der Waals surface area contributed by atoms with E-state index in [0.717, 1.165) is 11.1 Å². The van der Waals surface area contributed by atoms with Crippen LogP contribution in [0.3, 0.4) is 0 Å². The van der Waals surface area contributed by atoms with Crippen LogP contribution in [-0.2, 0) is 13.1 Å². The van der Waals surface area contributed by atoms with Crippen molar-refractivity contribution in [3.05, 3.63) is 51.5 Å². The molecule has 6 heteroatoms. The molecular weight excluding hydrogens is 337 g/mol. The van der Waals surface area contributed by atoms with Crippen molar-refractivity contribution in [2.24, 2.45) is 0 Å². The first-order valence-corrected chi connectivity index (χ1v) is 7.78. The molecule has 0 aromatic heterocycles. The summed E-state index contributed by atoms with van der Waals surface area (Å²) in [6.45, 7) is 1.32. The van der Waals surface area contributed by atoms with Gasteiger partial charge in [0.2, 0.25) is 5.75 Å². The van der Waals surface area contributed by atoms with E-state index in [9.17, 15) is 0 Å². The molecule has 2 aromatic rings. The lowest BCUT2D eigenvalue weighted by Gasteiger charge is -2.14. The fourth-order valence-corrected chi connectivity index (χ4v) is 2.56. The molecule has 4 nitrogen and oxygen atoms in total. The molecule has 0 atom stereocenters. The molecule has 0 unspecified atom stereocenters. The Morgan fingerprint density at radius 2 is 1.39 bits per heavy atom. The van der Waals surface area contributed by atoms with Crippen molar-refractivity contribution in [1.29, 1.82) is 0 Å². The number of nitrogens with one attached hydrogen (secondary N) is 1. The van der Waals surface area contributed by atoms with Gasteiger partial charge >= 0.3 is 0 Å². The van der Waals surface area contributed by atoms with Gasteiger partial charge in [-0.25, -0.2) is 0 Å². The van der Waals surface area contributed by atoms with E-state index < -0.39 is 0 Å². The van der Waals surface area contributed by atoms with Crippen LogP contribution < -0.4 is 19.5 Å². The maximum absolute atomic E-state index is 6.02. The molecule has 0 aliphatic heterocycles. The van der Waals surface area contributed by atoms with Gasteiger partial charge in [0.1, 0.15) is 0 Å². The summed E-state index contributed by atoms with van der Waals surface area (Å²) >= 11 is 11.9. The number of benzene rings is 2. The van der Waals surface area contributed by atoms with Crippen molar-refractivity contribution in [3.63, 3.8) is 0 Å². The van der Waals surface area contributed by atoms with Crippen LogP contribution in [0.25, 0.3) is 0 Å². The predicted molar refractivity (Wildman–Crippen MR) is 93.1 cm³/mol. The van der Waals surface area contributed by atoms with Crippen LogP contribution in [0.5, 0.6) is 17.2 Å². The normalized spacial score (nSPS) is 10.5. The zero-order chi connectivity index (χ0) is 16.8. The predicted octanol–water partition coefficient (Wildman–Crippen LogP) is 4.31. The van der Waals surface area contributed by atoms with Crippen molar-refractivity contribution < 1.29 is 14.2 Å². The van der Waals surface area contributed by atoms with Crippen molar-refractivity contribution in [2.75, 3.05) is 21.3 Å². The van der Waals surface area contributed by atoms with Gasteiger partial charge in [-0.2, -0.15) is 0 Å². The Bertz CT molecular complexity index is 652. The van der Waals surface area contributed by atoms with E-state index in [0.29, 0.717) is 40.4 Å². The minimum atomic E-state index is 0.554. The third-order valence-corrected chi connectivity index (χ3v) is 4.11. The molecule has 0 saturated heterocycles. The zero-order valence-corrected chi connectivity index (χ0v) is 14.8. The number of hydrogen-bond donors (Lipinski definition) is 1. The number of hydrogen-bond acceptors (Lipinski definition) is 4. The van der Waals surface area contributed by atoms with Crippen LogP contribution in [0.1, 0.15) is 11.1 Å². The molecule has 0 spiro atoms. The van der Waals surface area contributed by atoms with Crippen molar-refractivity contribution in [2.45, 2.75) is 13.1 Å². The summed E-state index contributed by atoms with van der Waals surface area (Å²) in [4.78, 5) is 0. The van der Waals surface area contributed by atoms with Crippen molar-refractivity contribution in [1.82, 2.24) is 5.32 Å². The molecular formula is C17H19Cl2NO3. The SMILES string of the molecule is COc1cc(CNCc2ccc(Cl)c(Cl)c2)cc(OC)c1OC. The van der Waals surface area contributed by atoms with Crippen LogP contribution in [0.4, 0.5) is 0 Å². The molecule has 1 N–H and O–H groups in total. The Morgan fingerprint density at radius 1 is 0.783 bits per heavy atom. The topological polar surface area (TPSA) is 39.7 Å². The molecule has 0 saturated carbocycles. The lowest BCUT2D eigenvalue weighted by molar-refractivity contribution is 0.323. The van der Waals surface area contributed by atoms with Crippen LogP contribution in [0, 0.1) is 0 Å². The second-order valence-corrected chi connectivity index (χ2v) is 5.70. The van der Waals surface area contributed by atoms with Crippen molar-refractivity contribution in [3.8, 4) is 17.2 Å². The Balaban J connectivity index is 2.06. The molecule has 0 amide bonds. The van der Waals surface area contributed by atoms with Gasteiger partial charge in [-0.1, -0.05) is 29.3 Å². The smallest absolute Gasteiger partial charge is 0.203 e. The third-order valence-electron chi connectivity index (χ3n) is 3.37. The van der Waals surface area contributed by atoms with Gasteiger partial charge in [-0.15, -0.1) is 0 Å². The average Bonchev–Trinajstić information content (AvgIpc) is 2.57. The van der Waals surface area contributed by atoms with Gasteiger partial charge in [0.05, 0.1) is 31.4 Å². The van der Waals surface area contributed by atoms with Gasteiger partial charge in [-0.3, -0.25) is 0 Å². The fraction of sp³-hybridized carbons (Fsp3) is 0.294. The van der Waals surface area contributed by atoms with Gasteiger partial charge < -0.3 is 19.5 Å². The maximum atomic E-state index is 6.02. The summed E-state index contributed by atoms with van der Waals surface area (Å²) in [7, 11) is 4.79. The van der Waals surface area contributed by atoms with Gasteiger partial charge in [0, 0.05) is 13.1 Å². The minimum absolute atomic E-state index is 0.554. The number of halogens is 2. The highest BCUT2D eigenvalue weighted by molar-refractivity contribution is 6.42. The highest BCUT2D eigenvalue weighted by Gasteiger charge is 2.12. The monoisotopic (exact) mass is 355 g/mol. The maximum Gasteiger partial charge on any atom is 0.203 e. The first kappa shape index (κ1) is 17.7. The fourth-order valence-electron chi connectivity index (χ4n) is 2.24. The Labute approximate surface area is 146 Å². The summed E-state index contributed by atoms with van der Waals surface area (Å²) in [5, 5.41) is 4.46. The number of ether oxygens (including phenoxy) is 3. The number of rotatable bonds is 7. The summed E-state index contributed by atoms with van der Waals surface area (Å²) in [5.41, 5.74) is 2.09. The first-order chi connectivity index (χ1) is 11.1. The second kappa shape index (κ2) is 8.29. The van der Waals surface area contributed by atoms with E-state index in [4.69, 9.17) is 37.4 Å². The zero-order valence-electron chi connectivity index (χ0n) is 13.3. The standard InChI is InChI=1S/C17H19Cl2NO3/c1-21-15-7-12(8-16(22-2)17(15)23-3)10-20-9-11-4-5-13(18)14(19)6-11/h4-8,20H,9-10H2,1-3H3. The van der Waals surface area contributed by atoms with Gasteiger partial charge in [-0.05, 0) is 35.4 Å². The molecule has 23 heavy (non-hydrogen) atoms. The van der Waals surface area contributed by atoms with Gasteiger partial charge in [0.15, 0.2) is 11.5 Å². The molecule has 0 aliphatic carbocycles. The van der Waals surface area contributed by atoms with E-state index in [-0.39, 0.29) is 0 Å². The molecule has 2 aromatic carbocycles. The molecule has 2 rings (SSSR count). The lowest BCUT2D eigenvalue weighted by atomic mass is 10.1. The first-order valence-electron chi connectivity index (χ1n) is 7.02. The lowest BCUT2D eigenvalue weighted by Crippen LogP contribution is -2.13. The molecule has 124 valence electrons. The third kappa shape index (κ3) is 4.44. The van der Waals surface area contributed by atoms with Crippen LogP contribution >= 0.6 is 23.2 Å². The quantitative estimate of drug-likeness (QED) is 0.803. The van der Waals surface area contributed by atoms with Crippen LogP contribution in [-0.4, -0.2) is 21.3 Å².